The van der Waals surface area contributed by atoms with Crippen molar-refractivity contribution < 1.29 is 19.1 Å². The van der Waals surface area contributed by atoms with E-state index >= 15 is 0 Å². The summed E-state index contributed by atoms with van der Waals surface area (Å²) in [6.45, 7) is 5.56. The van der Waals surface area contributed by atoms with Crippen LogP contribution in [0.15, 0.2) is 53.7 Å². The van der Waals surface area contributed by atoms with Gasteiger partial charge in [0.2, 0.25) is 0 Å². The molecule has 0 radical (unpaired) electrons. The number of hydrogen-bond donors (Lipinski definition) is 0. The van der Waals surface area contributed by atoms with E-state index in [4.69, 9.17) is 9.72 Å². The number of nitrogens with zero attached hydrogens (tertiary/aromatic N) is 4. The highest BCUT2D eigenvalue weighted by Gasteiger charge is 2.40. The van der Waals surface area contributed by atoms with Crippen LogP contribution in [0.1, 0.15) is 71.8 Å². The van der Waals surface area contributed by atoms with Crippen LogP contribution in [-0.4, -0.2) is 57.5 Å². The largest absolute Gasteiger partial charge is 0.465 e. The van der Waals surface area contributed by atoms with Crippen molar-refractivity contribution >= 4 is 47.7 Å². The van der Waals surface area contributed by atoms with Crippen LogP contribution >= 0.6 is 23.7 Å². The molecule has 1 aliphatic rings. The van der Waals surface area contributed by atoms with Crippen LogP contribution in [0.25, 0.3) is 6.08 Å². The molecule has 40 heavy (non-hydrogen) atoms. The maximum atomic E-state index is 13.5. The molecule has 2 aromatic heterocycles. The van der Waals surface area contributed by atoms with Crippen molar-refractivity contribution in [2.75, 3.05) is 20.2 Å². The summed E-state index contributed by atoms with van der Waals surface area (Å²) in [7, 11) is 1.36. The molecule has 3 heterocycles. The molecule has 0 spiro atoms. The average Bonchev–Trinajstić information content (AvgIpc) is 3.66. The molecule has 10 heteroatoms. The minimum Gasteiger partial charge on any atom is -0.465 e. The lowest BCUT2D eigenvalue weighted by Gasteiger charge is -2.17. The van der Waals surface area contributed by atoms with Gasteiger partial charge in [-0.1, -0.05) is 44.9 Å². The number of esters is 1. The van der Waals surface area contributed by atoms with Crippen molar-refractivity contribution in [3.8, 4) is 0 Å². The number of urea groups is 1. The molecule has 3 aromatic rings. The van der Waals surface area contributed by atoms with Gasteiger partial charge in [-0.25, -0.2) is 14.6 Å². The molecule has 0 aliphatic carbocycles. The molecular formula is C30H37ClN4O4S. The normalized spacial score (nSPS) is 14.2. The molecule has 1 aliphatic heterocycles. The minimum atomic E-state index is -0.377. The molecular weight excluding hydrogens is 548 g/mol. The monoisotopic (exact) mass is 584 g/mol. The summed E-state index contributed by atoms with van der Waals surface area (Å²) in [6.07, 6.45) is 8.77. The predicted octanol–water partition coefficient (Wildman–Crippen LogP) is 6.19. The van der Waals surface area contributed by atoms with Crippen LogP contribution in [-0.2, 0) is 28.9 Å². The van der Waals surface area contributed by atoms with Crippen molar-refractivity contribution in [2.24, 2.45) is 0 Å². The van der Waals surface area contributed by atoms with E-state index in [9.17, 15) is 14.4 Å². The Morgan fingerprint density at radius 2 is 1.75 bits per heavy atom. The van der Waals surface area contributed by atoms with Gasteiger partial charge in [-0.05, 0) is 54.5 Å². The third-order valence-electron chi connectivity index (χ3n) is 6.84. The second-order valence-electron chi connectivity index (χ2n) is 9.58. The van der Waals surface area contributed by atoms with Crippen LogP contribution in [0.3, 0.4) is 0 Å². The first-order valence-corrected chi connectivity index (χ1v) is 14.4. The zero-order valence-electron chi connectivity index (χ0n) is 23.3. The summed E-state index contributed by atoms with van der Waals surface area (Å²) in [5.74, 6) is 0.285. The third-order valence-corrected chi connectivity index (χ3v) is 7.77. The highest BCUT2D eigenvalue weighted by Crippen LogP contribution is 2.26. The summed E-state index contributed by atoms with van der Waals surface area (Å²) in [5, 5.41) is 2.02. The molecule has 1 fully saturated rings. The molecule has 1 saturated heterocycles. The number of carbonyl (C=O) groups is 3. The van der Waals surface area contributed by atoms with Gasteiger partial charge in [0, 0.05) is 30.9 Å². The number of ether oxygens (including phenoxy) is 1. The molecule has 8 nitrogen and oxygen atoms in total. The molecule has 1 aromatic carbocycles. The number of aromatic nitrogens is 2. The zero-order valence-corrected chi connectivity index (χ0v) is 24.9. The first-order chi connectivity index (χ1) is 19.0. The van der Waals surface area contributed by atoms with Gasteiger partial charge in [0.1, 0.15) is 11.5 Å². The van der Waals surface area contributed by atoms with E-state index < -0.39 is 0 Å². The average molecular weight is 585 g/mol. The lowest BCUT2D eigenvalue weighted by molar-refractivity contribution is -0.123. The third kappa shape index (κ3) is 7.20. The lowest BCUT2D eigenvalue weighted by atomic mass is 10.1. The molecule has 214 valence electrons. The van der Waals surface area contributed by atoms with Crippen molar-refractivity contribution in [3.63, 3.8) is 0 Å². The smallest absolute Gasteiger partial charge is 0.337 e. The second-order valence-corrected chi connectivity index (χ2v) is 10.6. The summed E-state index contributed by atoms with van der Waals surface area (Å²) in [6, 6.07) is 11.1. The molecule has 4 rings (SSSR count). The Balaban J connectivity index is 0.00000441. The number of carbonyl (C=O) groups excluding carboxylic acids is 3. The number of benzene rings is 1. The number of aryl methyl sites for hydroxylation is 1. The minimum absolute atomic E-state index is 0. The Labute approximate surface area is 246 Å². The Bertz CT molecular complexity index is 1320. The maximum Gasteiger partial charge on any atom is 0.337 e. The lowest BCUT2D eigenvalue weighted by Crippen LogP contribution is -2.34. The Morgan fingerprint density at radius 1 is 1.00 bits per heavy atom. The van der Waals surface area contributed by atoms with Crippen molar-refractivity contribution in [3.05, 3.63) is 81.2 Å². The first kappa shape index (κ1) is 31.1. The number of imidazole rings is 1. The summed E-state index contributed by atoms with van der Waals surface area (Å²) in [5.41, 5.74) is 2.64. The van der Waals surface area contributed by atoms with Crippen LogP contribution in [0, 0.1) is 0 Å². The van der Waals surface area contributed by atoms with E-state index in [0.717, 1.165) is 49.2 Å². The van der Waals surface area contributed by atoms with Gasteiger partial charge >= 0.3 is 12.0 Å². The van der Waals surface area contributed by atoms with Crippen LogP contribution in [0.5, 0.6) is 0 Å². The number of unbranched alkanes of at least 4 members (excludes halogenated alkanes) is 2. The maximum absolute atomic E-state index is 13.5. The van der Waals surface area contributed by atoms with Crippen molar-refractivity contribution in [1.29, 1.82) is 0 Å². The van der Waals surface area contributed by atoms with Gasteiger partial charge in [-0.2, -0.15) is 0 Å². The number of imide groups is 1. The van der Waals surface area contributed by atoms with Gasteiger partial charge in [0.15, 0.2) is 0 Å². The highest BCUT2D eigenvalue weighted by molar-refractivity contribution is 7.09. The quantitative estimate of drug-likeness (QED) is 0.136. The van der Waals surface area contributed by atoms with Crippen LogP contribution in [0.2, 0.25) is 0 Å². The first-order valence-electron chi connectivity index (χ1n) is 13.6. The van der Waals surface area contributed by atoms with Crippen LogP contribution in [0.4, 0.5) is 4.79 Å². The van der Waals surface area contributed by atoms with E-state index in [1.807, 2.05) is 42.6 Å². The Kier molecular flexibility index (Phi) is 11.5. The van der Waals surface area contributed by atoms with E-state index in [2.05, 4.69) is 11.5 Å². The van der Waals surface area contributed by atoms with Gasteiger partial charge in [-0.15, -0.1) is 23.7 Å². The Hall–Kier alpha value is -3.43. The number of thiophene rings is 1. The van der Waals surface area contributed by atoms with E-state index in [1.165, 1.54) is 16.9 Å². The van der Waals surface area contributed by atoms with E-state index in [1.54, 1.807) is 34.6 Å². The fourth-order valence-electron chi connectivity index (χ4n) is 4.58. The second kappa shape index (κ2) is 14.8. The molecule has 3 amide bonds. The molecule has 0 N–H and O–H groups in total. The van der Waals surface area contributed by atoms with Gasteiger partial charge < -0.3 is 9.30 Å². The fraction of sp³-hybridized carbons (Fsp3) is 0.400. The van der Waals surface area contributed by atoms with Gasteiger partial charge in [0.25, 0.3) is 5.91 Å². The zero-order chi connectivity index (χ0) is 27.8. The number of amides is 3. The number of hydrogen-bond acceptors (Lipinski definition) is 6. The number of rotatable bonds is 13. The molecule has 0 atom stereocenters. The van der Waals surface area contributed by atoms with Crippen molar-refractivity contribution in [2.45, 2.75) is 58.9 Å². The molecule has 0 saturated carbocycles. The fourth-order valence-corrected chi connectivity index (χ4v) is 5.28. The predicted molar refractivity (Wildman–Crippen MR) is 160 cm³/mol. The van der Waals surface area contributed by atoms with Crippen LogP contribution < -0.4 is 0 Å². The number of halogens is 1. The van der Waals surface area contributed by atoms with Gasteiger partial charge in [0.05, 0.1) is 24.6 Å². The summed E-state index contributed by atoms with van der Waals surface area (Å²) < 4.78 is 6.91. The number of methoxy groups -OCH3 is 1. The molecule has 0 unspecified atom stereocenters. The Morgan fingerprint density at radius 3 is 2.40 bits per heavy atom. The van der Waals surface area contributed by atoms with Crippen molar-refractivity contribution in [1.82, 2.24) is 19.4 Å². The summed E-state index contributed by atoms with van der Waals surface area (Å²) in [4.78, 5) is 47.6. The van der Waals surface area contributed by atoms with E-state index in [-0.39, 0.29) is 30.3 Å². The summed E-state index contributed by atoms with van der Waals surface area (Å²) >= 11 is 1.65. The standard InChI is InChI=1S/C30H36N4O4S.ClH/c1-4-6-10-27-31-20-24(34(27)21-22-11-13-23(14-12-22)29(36)38-3)19-26-28(35)33(16-7-5-2)30(37)32(26)17-15-25-9-8-18-39-25;/h8-9,11-14,18-20H,4-7,10,15-17,21H2,1-3H3;1H/b26-19-;. The van der Waals surface area contributed by atoms with Gasteiger partial charge in [-0.3, -0.25) is 14.6 Å². The molecule has 0 bridgehead atoms. The topological polar surface area (TPSA) is 84.7 Å². The highest BCUT2D eigenvalue weighted by atomic mass is 35.5. The van der Waals surface area contributed by atoms with E-state index in [0.29, 0.717) is 37.3 Å². The SMILES string of the molecule is CCCCc1ncc(/C=C2/C(=O)N(CCCC)C(=O)N2CCc2cccs2)n1Cc1ccc(C(=O)OC)cc1.Cl.